The lowest BCUT2D eigenvalue weighted by Gasteiger charge is -2.27. The zero-order valence-corrected chi connectivity index (χ0v) is 9.04. The van der Waals surface area contributed by atoms with Crippen LogP contribution >= 0.6 is 27.3 Å². The Labute approximate surface area is 84.5 Å². The average Bonchev–Trinajstić information content (AvgIpc) is 2.32. The maximum Gasteiger partial charge on any atom is 0.0320 e. The summed E-state index contributed by atoms with van der Waals surface area (Å²) in [5.74, 6) is 0. The molecule has 2 N–H and O–H groups in total. The summed E-state index contributed by atoms with van der Waals surface area (Å²) in [6.07, 6.45) is 0. The summed E-state index contributed by atoms with van der Waals surface area (Å²) in [6.45, 7) is 3.24. The number of halogens is 1. The molecule has 0 atom stereocenters. The van der Waals surface area contributed by atoms with Gasteiger partial charge in [0.1, 0.15) is 0 Å². The number of rotatable bonds is 3. The summed E-state index contributed by atoms with van der Waals surface area (Å²) < 4.78 is 1.19. The second-order valence-electron chi connectivity index (χ2n) is 2.97. The number of hydrogen-bond acceptors (Lipinski definition) is 3. The van der Waals surface area contributed by atoms with Crippen molar-refractivity contribution in [1.82, 2.24) is 10.6 Å². The van der Waals surface area contributed by atoms with E-state index < -0.39 is 0 Å². The molecule has 1 aliphatic heterocycles. The van der Waals surface area contributed by atoms with E-state index in [4.69, 9.17) is 0 Å². The molecule has 1 aromatic rings. The van der Waals surface area contributed by atoms with Gasteiger partial charge in [-0.3, -0.25) is 0 Å². The lowest BCUT2D eigenvalue weighted by molar-refractivity contribution is 0.366. The van der Waals surface area contributed by atoms with Gasteiger partial charge in [0.2, 0.25) is 0 Å². The molecule has 66 valence electrons. The largest absolute Gasteiger partial charge is 0.314 e. The highest BCUT2D eigenvalue weighted by Gasteiger charge is 2.15. The van der Waals surface area contributed by atoms with Crippen LogP contribution in [0.15, 0.2) is 15.9 Å². The van der Waals surface area contributed by atoms with Crippen molar-refractivity contribution in [2.24, 2.45) is 0 Å². The highest BCUT2D eigenvalue weighted by Crippen LogP contribution is 2.19. The maximum atomic E-state index is 3.48. The van der Waals surface area contributed by atoms with Crippen molar-refractivity contribution in [2.75, 3.05) is 13.1 Å². The second-order valence-corrected chi connectivity index (χ2v) is 4.88. The SMILES string of the molecule is Brc1csc(CNC2CNC2)c1. The Morgan fingerprint density at radius 3 is 3.00 bits per heavy atom. The molecule has 4 heteroatoms. The van der Waals surface area contributed by atoms with Gasteiger partial charge in [0.25, 0.3) is 0 Å². The molecule has 0 saturated carbocycles. The minimum Gasteiger partial charge on any atom is -0.314 e. The normalized spacial score (nSPS) is 17.8. The standard InChI is InChI=1S/C8H11BrN2S/c9-6-1-8(12-5-6)4-11-7-2-10-3-7/h1,5,7,10-11H,2-4H2. The van der Waals surface area contributed by atoms with Gasteiger partial charge in [-0.25, -0.2) is 0 Å². The smallest absolute Gasteiger partial charge is 0.0320 e. The molecule has 1 aliphatic rings. The molecule has 0 spiro atoms. The molecule has 1 fully saturated rings. The predicted octanol–water partition coefficient (Wildman–Crippen LogP) is 1.57. The molecule has 0 aromatic carbocycles. The third-order valence-electron chi connectivity index (χ3n) is 1.97. The van der Waals surface area contributed by atoms with E-state index in [1.54, 1.807) is 11.3 Å². The van der Waals surface area contributed by atoms with Crippen LogP contribution in [0.3, 0.4) is 0 Å². The predicted molar refractivity (Wildman–Crippen MR) is 55.5 cm³/mol. The zero-order valence-electron chi connectivity index (χ0n) is 6.64. The zero-order chi connectivity index (χ0) is 8.39. The summed E-state index contributed by atoms with van der Waals surface area (Å²) in [5.41, 5.74) is 0. The first-order chi connectivity index (χ1) is 5.84. The molecule has 0 bridgehead atoms. The Bertz CT molecular complexity index is 257. The molecule has 0 unspecified atom stereocenters. The lowest BCUT2D eigenvalue weighted by Crippen LogP contribution is -2.54. The fourth-order valence-corrected chi connectivity index (χ4v) is 2.53. The van der Waals surface area contributed by atoms with Gasteiger partial charge in [-0.05, 0) is 22.0 Å². The van der Waals surface area contributed by atoms with Crippen LogP contribution in [0.25, 0.3) is 0 Å². The fraction of sp³-hybridized carbons (Fsp3) is 0.500. The minimum atomic E-state index is 0.686. The first-order valence-corrected chi connectivity index (χ1v) is 5.69. The van der Waals surface area contributed by atoms with E-state index in [-0.39, 0.29) is 0 Å². The molecule has 0 amide bonds. The summed E-state index contributed by atoms with van der Waals surface area (Å²) >= 11 is 5.24. The molecule has 1 aromatic heterocycles. The molecule has 0 radical (unpaired) electrons. The van der Waals surface area contributed by atoms with Crippen molar-refractivity contribution < 1.29 is 0 Å². The van der Waals surface area contributed by atoms with Crippen molar-refractivity contribution in [1.29, 1.82) is 0 Å². The van der Waals surface area contributed by atoms with Gasteiger partial charge in [-0.15, -0.1) is 11.3 Å². The van der Waals surface area contributed by atoms with Crippen molar-refractivity contribution in [3.05, 3.63) is 20.8 Å². The molecule has 2 heterocycles. The third kappa shape index (κ3) is 2.07. The van der Waals surface area contributed by atoms with Crippen LogP contribution in [0.1, 0.15) is 4.88 Å². The Balaban J connectivity index is 1.79. The summed E-state index contributed by atoms with van der Waals surface area (Å²) in [5, 5.41) is 8.83. The minimum absolute atomic E-state index is 0.686. The van der Waals surface area contributed by atoms with Crippen LogP contribution in [0.2, 0.25) is 0 Å². The summed E-state index contributed by atoms with van der Waals surface area (Å²) in [7, 11) is 0. The van der Waals surface area contributed by atoms with E-state index in [1.807, 2.05) is 0 Å². The van der Waals surface area contributed by atoms with E-state index >= 15 is 0 Å². The Morgan fingerprint density at radius 2 is 2.50 bits per heavy atom. The van der Waals surface area contributed by atoms with E-state index in [0.717, 1.165) is 19.6 Å². The molecular weight excluding hydrogens is 236 g/mol. The van der Waals surface area contributed by atoms with Crippen LogP contribution in [0, 0.1) is 0 Å². The Hall–Kier alpha value is 0.1000. The van der Waals surface area contributed by atoms with E-state index in [1.165, 1.54) is 9.35 Å². The van der Waals surface area contributed by atoms with E-state index in [0.29, 0.717) is 6.04 Å². The van der Waals surface area contributed by atoms with Crippen LogP contribution in [-0.4, -0.2) is 19.1 Å². The molecule has 1 saturated heterocycles. The quantitative estimate of drug-likeness (QED) is 0.847. The highest BCUT2D eigenvalue weighted by atomic mass is 79.9. The van der Waals surface area contributed by atoms with Gasteiger partial charge < -0.3 is 10.6 Å². The number of thiophene rings is 1. The lowest BCUT2D eigenvalue weighted by atomic mass is 10.2. The monoisotopic (exact) mass is 246 g/mol. The first-order valence-electron chi connectivity index (χ1n) is 4.01. The highest BCUT2D eigenvalue weighted by molar-refractivity contribution is 9.10. The van der Waals surface area contributed by atoms with Gasteiger partial charge in [-0.2, -0.15) is 0 Å². The van der Waals surface area contributed by atoms with Crippen LogP contribution in [-0.2, 0) is 6.54 Å². The maximum absolute atomic E-state index is 3.48. The Kier molecular flexibility index (Phi) is 2.80. The second kappa shape index (κ2) is 3.87. The summed E-state index contributed by atoms with van der Waals surface area (Å²) in [6, 6.07) is 2.86. The number of hydrogen-bond donors (Lipinski definition) is 2. The molecule has 2 rings (SSSR count). The molecule has 0 aliphatic carbocycles. The third-order valence-corrected chi connectivity index (χ3v) is 3.67. The van der Waals surface area contributed by atoms with Crippen molar-refractivity contribution in [2.45, 2.75) is 12.6 Å². The van der Waals surface area contributed by atoms with Gasteiger partial charge in [0, 0.05) is 40.4 Å². The van der Waals surface area contributed by atoms with Gasteiger partial charge >= 0.3 is 0 Å². The Morgan fingerprint density at radius 1 is 1.67 bits per heavy atom. The van der Waals surface area contributed by atoms with Gasteiger partial charge in [0.15, 0.2) is 0 Å². The van der Waals surface area contributed by atoms with E-state index in [2.05, 4.69) is 38.0 Å². The van der Waals surface area contributed by atoms with Crippen molar-refractivity contribution in [3.63, 3.8) is 0 Å². The summed E-state index contributed by atoms with van der Waals surface area (Å²) in [4.78, 5) is 1.40. The molecule has 12 heavy (non-hydrogen) atoms. The molecular formula is C8H11BrN2S. The van der Waals surface area contributed by atoms with Crippen LogP contribution in [0.4, 0.5) is 0 Å². The van der Waals surface area contributed by atoms with Crippen LogP contribution in [0.5, 0.6) is 0 Å². The molecule has 2 nitrogen and oxygen atoms in total. The fourth-order valence-electron chi connectivity index (χ4n) is 1.12. The van der Waals surface area contributed by atoms with Gasteiger partial charge in [0.05, 0.1) is 0 Å². The first kappa shape index (κ1) is 8.69. The topological polar surface area (TPSA) is 24.1 Å². The number of nitrogens with one attached hydrogen (secondary N) is 2. The van der Waals surface area contributed by atoms with Gasteiger partial charge in [-0.1, -0.05) is 0 Å². The average molecular weight is 247 g/mol. The van der Waals surface area contributed by atoms with E-state index in [9.17, 15) is 0 Å². The van der Waals surface area contributed by atoms with Crippen molar-refractivity contribution >= 4 is 27.3 Å². The van der Waals surface area contributed by atoms with Crippen LogP contribution < -0.4 is 10.6 Å². The van der Waals surface area contributed by atoms with Crippen molar-refractivity contribution in [3.8, 4) is 0 Å².